The zero-order valence-corrected chi connectivity index (χ0v) is 11.8. The minimum atomic E-state index is -0.658. The Labute approximate surface area is 124 Å². The molecule has 0 bridgehead atoms. The molecule has 0 radical (unpaired) electrons. The van der Waals surface area contributed by atoms with E-state index in [0.717, 1.165) is 6.07 Å². The van der Waals surface area contributed by atoms with Crippen molar-refractivity contribution in [1.82, 2.24) is 9.78 Å². The lowest BCUT2D eigenvalue weighted by Gasteiger charge is -2.06. The summed E-state index contributed by atoms with van der Waals surface area (Å²) in [6, 6.07) is 5.25. The van der Waals surface area contributed by atoms with Gasteiger partial charge in [0.15, 0.2) is 5.69 Å². The number of non-ortho nitro benzene ring substituents is 1. The maximum absolute atomic E-state index is 12.1. The number of rotatable bonds is 4. The van der Waals surface area contributed by atoms with Crippen molar-refractivity contribution in [2.45, 2.75) is 0 Å². The summed E-state index contributed by atoms with van der Waals surface area (Å²) < 4.78 is 5.87. The van der Waals surface area contributed by atoms with Crippen molar-refractivity contribution in [1.29, 1.82) is 0 Å². The second-order valence-corrected chi connectivity index (χ2v) is 4.28. The van der Waals surface area contributed by atoms with E-state index in [4.69, 9.17) is 0 Å². The molecule has 1 aromatic heterocycles. The van der Waals surface area contributed by atoms with Crippen molar-refractivity contribution < 1.29 is 19.2 Å². The van der Waals surface area contributed by atoms with Gasteiger partial charge in [0.05, 0.1) is 23.9 Å². The Balaban J connectivity index is 2.28. The smallest absolute Gasteiger partial charge is 0.358 e. The molecule has 1 heterocycles. The van der Waals surface area contributed by atoms with Crippen LogP contribution >= 0.6 is 0 Å². The zero-order chi connectivity index (χ0) is 16.3. The summed E-state index contributed by atoms with van der Waals surface area (Å²) in [7, 11) is 2.73. The van der Waals surface area contributed by atoms with E-state index in [-0.39, 0.29) is 22.6 Å². The molecule has 1 N–H and O–H groups in total. The molecular weight excluding hydrogens is 292 g/mol. The molecule has 0 aliphatic rings. The Kier molecular flexibility index (Phi) is 4.16. The van der Waals surface area contributed by atoms with E-state index in [1.54, 1.807) is 0 Å². The minimum Gasteiger partial charge on any atom is -0.464 e. The van der Waals surface area contributed by atoms with Gasteiger partial charge in [0, 0.05) is 24.7 Å². The first kappa shape index (κ1) is 15.2. The van der Waals surface area contributed by atoms with E-state index in [0.29, 0.717) is 0 Å². The zero-order valence-electron chi connectivity index (χ0n) is 11.8. The summed E-state index contributed by atoms with van der Waals surface area (Å²) >= 11 is 0. The predicted octanol–water partition coefficient (Wildman–Crippen LogP) is 1.37. The van der Waals surface area contributed by atoms with E-state index in [2.05, 4.69) is 15.2 Å². The van der Waals surface area contributed by atoms with Crippen LogP contribution in [-0.4, -0.2) is 33.7 Å². The molecule has 0 saturated carbocycles. The van der Waals surface area contributed by atoms with Crippen molar-refractivity contribution in [3.8, 4) is 0 Å². The van der Waals surface area contributed by atoms with Crippen LogP contribution in [0.3, 0.4) is 0 Å². The molecule has 22 heavy (non-hydrogen) atoms. The van der Waals surface area contributed by atoms with Gasteiger partial charge in [-0.25, -0.2) is 4.79 Å². The number of nitro groups is 1. The van der Waals surface area contributed by atoms with Crippen LogP contribution in [0.25, 0.3) is 0 Å². The predicted molar refractivity (Wildman–Crippen MR) is 75.6 cm³/mol. The molecule has 1 amide bonds. The molecular formula is C13H12N4O5. The van der Waals surface area contributed by atoms with Crippen LogP contribution in [0, 0.1) is 10.1 Å². The number of carbonyl (C=O) groups excluding carboxylic acids is 2. The van der Waals surface area contributed by atoms with Crippen LogP contribution in [0.5, 0.6) is 0 Å². The molecule has 0 aliphatic heterocycles. The van der Waals surface area contributed by atoms with Gasteiger partial charge in [-0.2, -0.15) is 5.10 Å². The Morgan fingerprint density at radius 1 is 1.41 bits per heavy atom. The fourth-order valence-corrected chi connectivity index (χ4v) is 1.82. The van der Waals surface area contributed by atoms with Crippen LogP contribution in [0.15, 0.2) is 30.5 Å². The van der Waals surface area contributed by atoms with Gasteiger partial charge >= 0.3 is 5.97 Å². The fourth-order valence-electron chi connectivity index (χ4n) is 1.82. The topological polar surface area (TPSA) is 116 Å². The number of aryl methyl sites for hydroxylation is 1. The lowest BCUT2D eigenvalue weighted by Crippen LogP contribution is -2.16. The molecule has 2 aromatic rings. The first-order chi connectivity index (χ1) is 10.4. The second kappa shape index (κ2) is 6.04. The number of esters is 1. The maximum Gasteiger partial charge on any atom is 0.358 e. The summed E-state index contributed by atoms with van der Waals surface area (Å²) in [6.45, 7) is 0. The molecule has 9 heteroatoms. The summed E-state index contributed by atoms with van der Waals surface area (Å²) in [6.07, 6.45) is 1.29. The number of benzene rings is 1. The normalized spacial score (nSPS) is 10.1. The van der Waals surface area contributed by atoms with Crippen LogP contribution in [0.4, 0.5) is 11.4 Å². The minimum absolute atomic E-state index is 0.0706. The summed E-state index contributed by atoms with van der Waals surface area (Å²) in [5, 5.41) is 17.1. The average molecular weight is 304 g/mol. The molecule has 0 saturated heterocycles. The van der Waals surface area contributed by atoms with E-state index in [1.807, 2.05) is 0 Å². The van der Waals surface area contributed by atoms with E-state index in [1.165, 1.54) is 43.2 Å². The Hall–Kier alpha value is -3.23. The van der Waals surface area contributed by atoms with Crippen molar-refractivity contribution in [2.24, 2.45) is 7.05 Å². The lowest BCUT2D eigenvalue weighted by molar-refractivity contribution is -0.384. The third-order valence-corrected chi connectivity index (χ3v) is 2.88. The molecule has 0 unspecified atom stereocenters. The molecule has 9 nitrogen and oxygen atoms in total. The molecule has 0 fully saturated rings. The maximum atomic E-state index is 12.1. The van der Waals surface area contributed by atoms with Crippen molar-refractivity contribution >= 4 is 23.3 Å². The number of carbonyl (C=O) groups is 2. The number of hydrogen-bond donors (Lipinski definition) is 1. The van der Waals surface area contributed by atoms with E-state index < -0.39 is 16.8 Å². The van der Waals surface area contributed by atoms with Gasteiger partial charge in [-0.3, -0.25) is 19.6 Å². The monoisotopic (exact) mass is 304 g/mol. The summed E-state index contributed by atoms with van der Waals surface area (Å²) in [5.74, 6) is -1.25. The highest BCUT2D eigenvalue weighted by molar-refractivity contribution is 6.07. The number of nitrogens with zero attached hydrogens (tertiary/aromatic N) is 3. The van der Waals surface area contributed by atoms with Gasteiger partial charge < -0.3 is 10.1 Å². The number of ether oxygens (including phenoxy) is 1. The number of aromatic nitrogens is 2. The Bertz CT molecular complexity index is 753. The highest BCUT2D eigenvalue weighted by Gasteiger charge is 2.20. The highest BCUT2D eigenvalue weighted by atomic mass is 16.6. The van der Waals surface area contributed by atoms with Crippen molar-refractivity contribution in [2.75, 3.05) is 12.4 Å². The van der Waals surface area contributed by atoms with Crippen LogP contribution < -0.4 is 5.32 Å². The molecule has 1 aromatic carbocycles. The number of amides is 1. The van der Waals surface area contributed by atoms with Gasteiger partial charge in [-0.15, -0.1) is 0 Å². The first-order valence-electron chi connectivity index (χ1n) is 6.10. The third kappa shape index (κ3) is 2.92. The quantitative estimate of drug-likeness (QED) is 0.518. The molecule has 0 atom stereocenters. The van der Waals surface area contributed by atoms with Crippen LogP contribution in [0.1, 0.15) is 20.8 Å². The van der Waals surface area contributed by atoms with Gasteiger partial charge in [0.1, 0.15) is 0 Å². The molecule has 0 aliphatic carbocycles. The largest absolute Gasteiger partial charge is 0.464 e. The number of methoxy groups -OCH3 is 1. The van der Waals surface area contributed by atoms with E-state index in [9.17, 15) is 19.7 Å². The Morgan fingerprint density at radius 3 is 2.77 bits per heavy atom. The van der Waals surface area contributed by atoms with Gasteiger partial charge in [0.2, 0.25) is 0 Å². The summed E-state index contributed by atoms with van der Waals surface area (Å²) in [4.78, 5) is 33.9. The third-order valence-electron chi connectivity index (χ3n) is 2.88. The lowest BCUT2D eigenvalue weighted by atomic mass is 10.2. The molecule has 2 rings (SSSR count). The standard InChI is InChI=1S/C13H12N4O5/c1-16-11(13(19)22-2)10(7-14-16)15-12(18)8-4-3-5-9(6-8)17(20)21/h3-7H,1-2H3,(H,15,18). The molecule has 114 valence electrons. The molecule has 0 spiro atoms. The van der Waals surface area contributed by atoms with Gasteiger partial charge in [-0.05, 0) is 6.07 Å². The summed E-state index contributed by atoms with van der Waals surface area (Å²) in [5.41, 5.74) is 0.119. The van der Waals surface area contributed by atoms with Crippen LogP contribution in [0.2, 0.25) is 0 Å². The van der Waals surface area contributed by atoms with E-state index >= 15 is 0 Å². The van der Waals surface area contributed by atoms with Gasteiger partial charge in [0.25, 0.3) is 11.6 Å². The second-order valence-electron chi connectivity index (χ2n) is 4.28. The number of nitrogens with one attached hydrogen (secondary N) is 1. The van der Waals surface area contributed by atoms with Gasteiger partial charge in [-0.1, -0.05) is 6.07 Å². The first-order valence-corrected chi connectivity index (χ1v) is 6.10. The van der Waals surface area contributed by atoms with Crippen molar-refractivity contribution in [3.63, 3.8) is 0 Å². The highest BCUT2D eigenvalue weighted by Crippen LogP contribution is 2.18. The number of nitro benzene ring substituents is 1. The Morgan fingerprint density at radius 2 is 2.14 bits per heavy atom. The average Bonchev–Trinajstić information content (AvgIpc) is 2.87. The van der Waals surface area contributed by atoms with Crippen LogP contribution in [-0.2, 0) is 11.8 Å². The van der Waals surface area contributed by atoms with Crippen molar-refractivity contribution in [3.05, 3.63) is 51.8 Å². The SMILES string of the molecule is COC(=O)c1c(NC(=O)c2cccc([N+](=O)[O-])c2)cnn1C. The number of anilines is 1. The number of hydrogen-bond acceptors (Lipinski definition) is 6. The fraction of sp³-hybridized carbons (Fsp3) is 0.154.